The van der Waals surface area contributed by atoms with E-state index in [1.54, 1.807) is 12.1 Å². The molecule has 0 saturated carbocycles. The van der Waals surface area contributed by atoms with Crippen molar-refractivity contribution in [3.63, 3.8) is 0 Å². The van der Waals surface area contributed by atoms with Crippen LogP contribution in [0.2, 0.25) is 18.1 Å². The number of hydrogen-bond acceptors (Lipinski definition) is 12. The summed E-state index contributed by atoms with van der Waals surface area (Å²) in [5.74, 6) is -0.0866. The van der Waals surface area contributed by atoms with Gasteiger partial charge in [-0.05, 0) is 74.7 Å². The monoisotopic (exact) mass is 925 g/mol. The van der Waals surface area contributed by atoms with Crippen molar-refractivity contribution < 1.29 is 56.6 Å². The fraction of sp³-hybridized carbons (Fsp3) is 0.863. The summed E-state index contributed by atoms with van der Waals surface area (Å²) in [7, 11) is -2.46. The summed E-state index contributed by atoms with van der Waals surface area (Å²) in [6.07, 6.45) is 3.52. The molecule has 12 nitrogen and oxygen atoms in total. The van der Waals surface area contributed by atoms with Crippen molar-refractivity contribution >= 4 is 14.3 Å². The van der Waals surface area contributed by atoms with Gasteiger partial charge in [-0.3, -0.25) is 0 Å². The van der Waals surface area contributed by atoms with Crippen molar-refractivity contribution in [3.05, 3.63) is 35.9 Å². The van der Waals surface area contributed by atoms with Gasteiger partial charge < -0.3 is 51.8 Å². The molecular formula is C51H92O12Si. The average molecular weight is 925 g/mol. The molecule has 0 amide bonds. The molecule has 0 bridgehead atoms. The SMILES string of the molecule is CCCCOCC1O[C@@H](O[Si](C)(C)C(C)(C)C(C)C)[C@@H](OCCCC)C(OCCCC)[C@H]1O[C@H]1OC(COCCCC)[C@@H](OC(=O)c2ccccc2)[C@H](OCCCC)C1OCCCC. The predicted octanol–water partition coefficient (Wildman–Crippen LogP) is 11.1. The minimum atomic E-state index is -2.46. The first-order chi connectivity index (χ1) is 30.8. The molecule has 2 aliphatic heterocycles. The zero-order valence-corrected chi connectivity index (χ0v) is 43.3. The molecule has 372 valence electrons. The highest BCUT2D eigenvalue weighted by Gasteiger charge is 2.57. The Balaban J connectivity index is 2.21. The lowest BCUT2D eigenvalue weighted by atomic mass is 9.95. The standard InChI is InChI=1S/C51H92O12Si/c1-13-19-30-53-36-40-42(61-48(52)39-28-26-25-27-29-39)44(55-32-21-15-3)46(57-34-23-17-5)49(59-40)62-43-41(37-54-31-20-14-2)60-50(63-64(11,12)51(9,10)38(7)8)47(58-35-24-18-6)45(43)56-33-22-16-4/h25-29,38,40-47,49-50H,13-24,30-37H2,1-12H3/t40?,41?,42-,43+,44+,45?,46?,47+,49-,50+/m1/s1. The fourth-order valence-electron chi connectivity index (χ4n) is 7.67. The molecule has 2 fully saturated rings. The average Bonchev–Trinajstić information content (AvgIpc) is 3.27. The molecule has 1 aromatic rings. The number of unbranched alkanes of at least 4 members (excludes halogenated alkanes) is 6. The summed E-state index contributed by atoms with van der Waals surface area (Å²) in [5, 5.41) is -0.0795. The van der Waals surface area contributed by atoms with E-state index < -0.39 is 75.7 Å². The maximum atomic E-state index is 13.9. The summed E-state index contributed by atoms with van der Waals surface area (Å²) in [4.78, 5) is 13.9. The second kappa shape index (κ2) is 30.8. The van der Waals surface area contributed by atoms with Gasteiger partial charge in [-0.15, -0.1) is 0 Å². The Kier molecular flexibility index (Phi) is 27.3. The third-order valence-electron chi connectivity index (χ3n) is 13.2. The van der Waals surface area contributed by atoms with Gasteiger partial charge in [0.15, 0.2) is 27.0 Å². The molecule has 1 aromatic carbocycles. The van der Waals surface area contributed by atoms with Gasteiger partial charge in [0.25, 0.3) is 0 Å². The van der Waals surface area contributed by atoms with E-state index in [-0.39, 0.29) is 18.3 Å². The van der Waals surface area contributed by atoms with Crippen LogP contribution in [0.5, 0.6) is 0 Å². The van der Waals surface area contributed by atoms with Gasteiger partial charge in [0.1, 0.15) is 42.7 Å². The summed E-state index contributed by atoms with van der Waals surface area (Å²) >= 11 is 0. The number of carbonyl (C=O) groups is 1. The third kappa shape index (κ3) is 17.5. The highest BCUT2D eigenvalue weighted by atomic mass is 28.4. The first-order valence-corrected chi connectivity index (χ1v) is 28.2. The lowest BCUT2D eigenvalue weighted by Crippen LogP contribution is -2.67. The largest absolute Gasteiger partial charge is 0.453 e. The zero-order valence-electron chi connectivity index (χ0n) is 42.3. The lowest BCUT2D eigenvalue weighted by Gasteiger charge is -2.52. The Morgan fingerprint density at radius 1 is 0.578 bits per heavy atom. The van der Waals surface area contributed by atoms with E-state index in [1.807, 2.05) is 18.2 Å². The molecule has 10 atom stereocenters. The number of carbonyl (C=O) groups excluding carboxylic acids is 1. The normalized spacial score (nSPS) is 26.7. The van der Waals surface area contributed by atoms with E-state index in [0.717, 1.165) is 77.0 Å². The number of ether oxygens (including phenoxy) is 10. The summed E-state index contributed by atoms with van der Waals surface area (Å²) in [6, 6.07) is 9.03. The van der Waals surface area contributed by atoms with Crippen LogP contribution in [0.15, 0.2) is 30.3 Å². The van der Waals surface area contributed by atoms with Gasteiger partial charge in [0, 0.05) is 39.6 Å². The quantitative estimate of drug-likeness (QED) is 0.0372. The maximum Gasteiger partial charge on any atom is 0.338 e. The van der Waals surface area contributed by atoms with Crippen molar-refractivity contribution in [2.75, 3.05) is 52.9 Å². The number of rotatable bonds is 34. The highest BCUT2D eigenvalue weighted by molar-refractivity contribution is 6.74. The Labute approximate surface area is 390 Å². The molecule has 13 heteroatoms. The first kappa shape index (κ1) is 56.8. The van der Waals surface area contributed by atoms with Gasteiger partial charge >= 0.3 is 5.97 Å². The van der Waals surface area contributed by atoms with Crippen LogP contribution >= 0.6 is 0 Å². The van der Waals surface area contributed by atoms with Crippen LogP contribution in [0.4, 0.5) is 0 Å². The summed E-state index contributed by atoms with van der Waals surface area (Å²) < 4.78 is 75.3. The van der Waals surface area contributed by atoms with Crippen molar-refractivity contribution in [2.24, 2.45) is 5.92 Å². The second-order valence-electron chi connectivity index (χ2n) is 19.0. The molecule has 4 unspecified atom stereocenters. The van der Waals surface area contributed by atoms with Crippen LogP contribution < -0.4 is 0 Å². The molecule has 0 N–H and O–H groups in total. The molecule has 0 spiro atoms. The van der Waals surface area contributed by atoms with Crippen LogP contribution in [0.25, 0.3) is 0 Å². The molecule has 0 aromatic heterocycles. The Bertz CT molecular complexity index is 1350. The molecule has 64 heavy (non-hydrogen) atoms. The molecule has 3 rings (SSSR count). The van der Waals surface area contributed by atoms with E-state index >= 15 is 0 Å². The minimum Gasteiger partial charge on any atom is -0.453 e. The maximum absolute atomic E-state index is 13.9. The zero-order chi connectivity index (χ0) is 47.0. The Hall–Kier alpha value is -1.49. The van der Waals surface area contributed by atoms with Gasteiger partial charge in [-0.2, -0.15) is 0 Å². The molecule has 2 saturated heterocycles. The van der Waals surface area contributed by atoms with Crippen molar-refractivity contribution in [1.82, 2.24) is 0 Å². The van der Waals surface area contributed by atoms with E-state index in [2.05, 4.69) is 82.3 Å². The van der Waals surface area contributed by atoms with Crippen LogP contribution in [0, 0.1) is 5.92 Å². The van der Waals surface area contributed by atoms with Crippen LogP contribution in [0.3, 0.4) is 0 Å². The number of benzene rings is 1. The topological polar surface area (TPSA) is 119 Å². The van der Waals surface area contributed by atoms with E-state index in [0.29, 0.717) is 51.1 Å². The summed E-state index contributed by atoms with van der Waals surface area (Å²) in [6.45, 7) is 29.9. The van der Waals surface area contributed by atoms with Crippen LogP contribution in [-0.4, -0.2) is 129 Å². The third-order valence-corrected chi connectivity index (χ3v) is 17.7. The molecule has 2 aliphatic rings. The lowest BCUT2D eigenvalue weighted by molar-refractivity contribution is -0.366. The van der Waals surface area contributed by atoms with Gasteiger partial charge in [-0.1, -0.05) is 126 Å². The second-order valence-corrected chi connectivity index (χ2v) is 23.6. The summed E-state index contributed by atoms with van der Waals surface area (Å²) in [5.41, 5.74) is 0.438. The number of hydrogen-bond donors (Lipinski definition) is 0. The highest BCUT2D eigenvalue weighted by Crippen LogP contribution is 2.46. The van der Waals surface area contributed by atoms with E-state index in [1.165, 1.54) is 0 Å². The van der Waals surface area contributed by atoms with E-state index in [9.17, 15) is 4.79 Å². The van der Waals surface area contributed by atoms with Crippen molar-refractivity contribution in [3.8, 4) is 0 Å². The molecular weight excluding hydrogens is 833 g/mol. The smallest absolute Gasteiger partial charge is 0.338 e. The van der Waals surface area contributed by atoms with Crippen molar-refractivity contribution in [1.29, 1.82) is 0 Å². The van der Waals surface area contributed by atoms with Crippen LogP contribution in [0.1, 0.15) is 157 Å². The number of esters is 1. The van der Waals surface area contributed by atoms with Crippen molar-refractivity contribution in [2.45, 2.75) is 226 Å². The Morgan fingerprint density at radius 2 is 0.984 bits per heavy atom. The molecule has 0 aliphatic carbocycles. The van der Waals surface area contributed by atoms with Gasteiger partial charge in [-0.25, -0.2) is 4.79 Å². The predicted molar refractivity (Wildman–Crippen MR) is 255 cm³/mol. The molecule has 0 radical (unpaired) electrons. The fourth-order valence-corrected chi connectivity index (χ4v) is 10.1. The van der Waals surface area contributed by atoms with Crippen LogP contribution in [-0.2, 0) is 51.8 Å². The first-order valence-electron chi connectivity index (χ1n) is 25.3. The Morgan fingerprint density at radius 3 is 1.45 bits per heavy atom. The van der Waals surface area contributed by atoms with E-state index in [4.69, 9.17) is 51.8 Å². The molecule has 2 heterocycles. The minimum absolute atomic E-state index is 0.0795. The van der Waals surface area contributed by atoms with Gasteiger partial charge in [0.05, 0.1) is 18.8 Å². The van der Waals surface area contributed by atoms with Gasteiger partial charge in [0.2, 0.25) is 0 Å².